The van der Waals surface area contributed by atoms with Crippen molar-refractivity contribution in [3.05, 3.63) is 52.9 Å². The SMILES string of the molecule is Cc1cc(C)n(CC(=O)N[C@H](c2cccc(F)c2F)C(F)(F)F)n1. The van der Waals surface area contributed by atoms with Gasteiger partial charge < -0.3 is 5.32 Å². The largest absolute Gasteiger partial charge is 0.412 e. The van der Waals surface area contributed by atoms with Gasteiger partial charge in [-0.2, -0.15) is 18.3 Å². The van der Waals surface area contributed by atoms with Gasteiger partial charge in [0.2, 0.25) is 5.91 Å². The Hall–Kier alpha value is -2.45. The quantitative estimate of drug-likeness (QED) is 0.864. The molecule has 2 rings (SSSR count). The van der Waals surface area contributed by atoms with Crippen LogP contribution in [0.1, 0.15) is 23.0 Å². The molecule has 0 fully saturated rings. The predicted molar refractivity (Wildman–Crippen MR) is 75.0 cm³/mol. The highest BCUT2D eigenvalue weighted by molar-refractivity contribution is 5.76. The van der Waals surface area contributed by atoms with Crippen molar-refractivity contribution in [2.45, 2.75) is 32.6 Å². The van der Waals surface area contributed by atoms with Crippen LogP contribution in [0.5, 0.6) is 0 Å². The highest BCUT2D eigenvalue weighted by Crippen LogP contribution is 2.34. The fraction of sp³-hybridized carbons (Fsp3) is 0.333. The van der Waals surface area contributed by atoms with Gasteiger partial charge in [-0.05, 0) is 26.0 Å². The van der Waals surface area contributed by atoms with E-state index in [1.807, 2.05) is 0 Å². The number of halogens is 5. The minimum Gasteiger partial charge on any atom is -0.339 e. The van der Waals surface area contributed by atoms with E-state index in [-0.39, 0.29) is 0 Å². The van der Waals surface area contributed by atoms with Crippen LogP contribution in [0, 0.1) is 25.5 Å². The average molecular weight is 347 g/mol. The molecular formula is C15H14F5N3O. The van der Waals surface area contributed by atoms with Crippen LogP contribution >= 0.6 is 0 Å². The Bertz CT molecular complexity index is 754. The Morgan fingerprint density at radius 3 is 2.50 bits per heavy atom. The second-order valence-electron chi connectivity index (χ2n) is 5.27. The first-order valence-electron chi connectivity index (χ1n) is 6.90. The molecule has 0 aliphatic rings. The number of alkyl halides is 3. The van der Waals surface area contributed by atoms with E-state index in [2.05, 4.69) is 5.10 Å². The van der Waals surface area contributed by atoms with Crippen molar-refractivity contribution in [3.63, 3.8) is 0 Å². The number of hydrogen-bond donors (Lipinski definition) is 1. The Kier molecular flexibility index (Phi) is 4.91. The summed E-state index contributed by atoms with van der Waals surface area (Å²) in [7, 11) is 0. The van der Waals surface area contributed by atoms with Crippen molar-refractivity contribution in [2.75, 3.05) is 0 Å². The molecule has 0 aliphatic carbocycles. The number of carbonyl (C=O) groups is 1. The molecule has 1 N–H and O–H groups in total. The summed E-state index contributed by atoms with van der Waals surface area (Å²) < 4.78 is 67.6. The maximum atomic E-state index is 13.7. The van der Waals surface area contributed by atoms with Crippen molar-refractivity contribution in [1.82, 2.24) is 15.1 Å². The normalized spacial score (nSPS) is 13.0. The first kappa shape index (κ1) is 17.9. The molecule has 0 saturated carbocycles. The number of nitrogens with zero attached hydrogens (tertiary/aromatic N) is 2. The van der Waals surface area contributed by atoms with E-state index in [1.165, 1.54) is 4.68 Å². The lowest BCUT2D eigenvalue weighted by Crippen LogP contribution is -2.40. The van der Waals surface area contributed by atoms with Crippen LogP contribution in [0.25, 0.3) is 0 Å². The molecule has 2 aromatic rings. The minimum atomic E-state index is -4.99. The lowest BCUT2D eigenvalue weighted by Gasteiger charge is -2.22. The topological polar surface area (TPSA) is 46.9 Å². The lowest BCUT2D eigenvalue weighted by atomic mass is 10.1. The molecule has 9 heteroatoms. The summed E-state index contributed by atoms with van der Waals surface area (Å²) in [5, 5.41) is 5.66. The lowest BCUT2D eigenvalue weighted by molar-refractivity contribution is -0.164. The Balaban J connectivity index is 2.25. The fourth-order valence-corrected chi connectivity index (χ4v) is 2.26. The molecule has 1 atom stereocenters. The van der Waals surface area contributed by atoms with E-state index in [9.17, 15) is 26.7 Å². The Morgan fingerprint density at radius 1 is 1.29 bits per heavy atom. The van der Waals surface area contributed by atoms with Crippen LogP contribution in [0.2, 0.25) is 0 Å². The van der Waals surface area contributed by atoms with Crippen molar-refractivity contribution in [2.24, 2.45) is 0 Å². The number of benzene rings is 1. The van der Waals surface area contributed by atoms with Gasteiger partial charge in [-0.3, -0.25) is 9.48 Å². The number of carbonyl (C=O) groups excluding carboxylic acids is 1. The van der Waals surface area contributed by atoms with E-state index in [4.69, 9.17) is 0 Å². The summed E-state index contributed by atoms with van der Waals surface area (Å²) in [5.41, 5.74) is 0.205. The van der Waals surface area contributed by atoms with Crippen molar-refractivity contribution in [3.8, 4) is 0 Å². The summed E-state index contributed by atoms with van der Waals surface area (Å²) in [4.78, 5) is 11.9. The molecule has 0 aliphatic heterocycles. The van der Waals surface area contributed by atoms with Gasteiger partial charge in [0.1, 0.15) is 6.54 Å². The molecule has 1 aromatic heterocycles. The van der Waals surface area contributed by atoms with E-state index < -0.39 is 41.9 Å². The van der Waals surface area contributed by atoms with E-state index >= 15 is 0 Å². The van der Waals surface area contributed by atoms with Gasteiger partial charge in [0, 0.05) is 11.3 Å². The summed E-state index contributed by atoms with van der Waals surface area (Å²) >= 11 is 0. The van der Waals surface area contributed by atoms with Gasteiger partial charge in [0.05, 0.1) is 5.69 Å². The second-order valence-corrected chi connectivity index (χ2v) is 5.27. The van der Waals surface area contributed by atoms with Crippen LogP contribution in [-0.4, -0.2) is 21.9 Å². The number of nitrogens with one attached hydrogen (secondary N) is 1. The van der Waals surface area contributed by atoms with Gasteiger partial charge in [-0.1, -0.05) is 12.1 Å². The Morgan fingerprint density at radius 2 is 1.96 bits per heavy atom. The molecule has 4 nitrogen and oxygen atoms in total. The van der Waals surface area contributed by atoms with Crippen LogP contribution in [0.4, 0.5) is 22.0 Å². The predicted octanol–water partition coefficient (Wildman–Crippen LogP) is 3.20. The number of hydrogen-bond acceptors (Lipinski definition) is 2. The Labute approximate surface area is 134 Å². The molecule has 0 bridgehead atoms. The molecule has 24 heavy (non-hydrogen) atoms. The smallest absolute Gasteiger partial charge is 0.339 e. The molecule has 130 valence electrons. The van der Waals surface area contributed by atoms with Crippen LogP contribution in [0.15, 0.2) is 24.3 Å². The van der Waals surface area contributed by atoms with Crippen molar-refractivity contribution < 1.29 is 26.7 Å². The van der Waals surface area contributed by atoms with E-state index in [0.717, 1.165) is 12.1 Å². The summed E-state index contributed by atoms with van der Waals surface area (Å²) in [6, 6.07) is 1.42. The zero-order valence-electron chi connectivity index (χ0n) is 12.8. The molecule has 0 radical (unpaired) electrons. The second kappa shape index (κ2) is 6.58. The highest BCUT2D eigenvalue weighted by atomic mass is 19.4. The molecule has 0 spiro atoms. The van der Waals surface area contributed by atoms with Gasteiger partial charge in [-0.25, -0.2) is 8.78 Å². The van der Waals surface area contributed by atoms with Crippen LogP contribution in [-0.2, 0) is 11.3 Å². The van der Waals surface area contributed by atoms with Crippen LogP contribution in [0.3, 0.4) is 0 Å². The van der Waals surface area contributed by atoms with Crippen molar-refractivity contribution >= 4 is 5.91 Å². The van der Waals surface area contributed by atoms with Gasteiger partial charge in [0.15, 0.2) is 17.7 Å². The summed E-state index contributed by atoms with van der Waals surface area (Å²) in [6.07, 6.45) is -4.99. The average Bonchev–Trinajstić information content (AvgIpc) is 2.76. The molecular weight excluding hydrogens is 333 g/mol. The third-order valence-electron chi connectivity index (χ3n) is 3.32. The van der Waals surface area contributed by atoms with Gasteiger partial charge >= 0.3 is 6.18 Å². The zero-order chi connectivity index (χ0) is 18.1. The number of aryl methyl sites for hydroxylation is 2. The summed E-state index contributed by atoms with van der Waals surface area (Å²) in [5.74, 6) is -4.09. The van der Waals surface area contributed by atoms with E-state index in [0.29, 0.717) is 17.5 Å². The van der Waals surface area contributed by atoms with Crippen molar-refractivity contribution in [1.29, 1.82) is 0 Å². The van der Waals surface area contributed by atoms with Crippen LogP contribution < -0.4 is 5.32 Å². The summed E-state index contributed by atoms with van der Waals surface area (Å²) in [6.45, 7) is 2.84. The highest BCUT2D eigenvalue weighted by Gasteiger charge is 2.43. The molecule has 1 amide bonds. The monoisotopic (exact) mass is 347 g/mol. The fourth-order valence-electron chi connectivity index (χ4n) is 2.26. The number of amides is 1. The maximum Gasteiger partial charge on any atom is 0.412 e. The minimum absolute atomic E-state index is 0.469. The molecule has 0 saturated heterocycles. The zero-order valence-corrected chi connectivity index (χ0v) is 12.8. The van der Waals surface area contributed by atoms with Gasteiger partial charge in [0.25, 0.3) is 0 Å². The molecule has 1 heterocycles. The first-order valence-corrected chi connectivity index (χ1v) is 6.90. The standard InChI is InChI=1S/C15H14F5N3O/c1-8-6-9(2)23(22-8)7-12(24)21-14(15(18,19)20)10-4-3-5-11(16)13(10)17/h3-6,14H,7H2,1-2H3,(H,21,24)/t14-/m1/s1. The third kappa shape index (κ3) is 3.90. The molecule has 0 unspecified atom stereocenters. The number of aromatic nitrogens is 2. The van der Waals surface area contributed by atoms with Gasteiger partial charge in [-0.15, -0.1) is 0 Å². The van der Waals surface area contributed by atoms with E-state index in [1.54, 1.807) is 25.2 Å². The third-order valence-corrected chi connectivity index (χ3v) is 3.32. The molecule has 1 aromatic carbocycles. The number of rotatable bonds is 4. The maximum absolute atomic E-state index is 13.7. The first-order chi connectivity index (χ1) is 11.1.